The highest BCUT2D eigenvalue weighted by Gasteiger charge is 2.19. The van der Waals surface area contributed by atoms with E-state index in [-0.39, 0.29) is 23.1 Å². The van der Waals surface area contributed by atoms with Crippen LogP contribution in [0.3, 0.4) is 0 Å². The molecule has 2 N–H and O–H groups in total. The highest BCUT2D eigenvalue weighted by Crippen LogP contribution is 2.27. The number of para-hydroxylation sites is 2. The number of nitrogens with zero attached hydrogens (tertiary/aromatic N) is 2. The van der Waals surface area contributed by atoms with Gasteiger partial charge in [0.1, 0.15) is 5.82 Å². The molecule has 0 bridgehead atoms. The highest BCUT2D eigenvalue weighted by atomic mass is 32.2. The van der Waals surface area contributed by atoms with Crippen LogP contribution in [0.25, 0.3) is 11.0 Å². The molecule has 0 saturated carbocycles. The molecule has 1 heterocycles. The SMILES string of the molecule is CCOC(=O)c1ccc(Nc2nc3ccccc3nc2NS(=O)(=O)c2ccc(F)cc2)cc1. The second-order valence-corrected chi connectivity index (χ2v) is 8.57. The average Bonchev–Trinajstić information content (AvgIpc) is 2.80. The molecule has 4 rings (SSSR count). The monoisotopic (exact) mass is 466 g/mol. The minimum Gasteiger partial charge on any atom is -0.462 e. The van der Waals surface area contributed by atoms with Crippen LogP contribution in [0.15, 0.2) is 77.7 Å². The lowest BCUT2D eigenvalue weighted by Crippen LogP contribution is -2.16. The largest absolute Gasteiger partial charge is 0.462 e. The molecule has 0 aliphatic rings. The summed E-state index contributed by atoms with van der Waals surface area (Å²) in [6, 6.07) is 17.9. The number of carbonyl (C=O) groups excluding carboxylic acids is 1. The molecule has 0 unspecified atom stereocenters. The van der Waals surface area contributed by atoms with Gasteiger partial charge in [-0.3, -0.25) is 4.72 Å². The molecule has 0 aliphatic heterocycles. The van der Waals surface area contributed by atoms with Crippen molar-refractivity contribution >= 4 is 44.3 Å². The first kappa shape index (κ1) is 22.2. The number of hydrogen-bond donors (Lipinski definition) is 2. The highest BCUT2D eigenvalue weighted by molar-refractivity contribution is 7.92. The maximum atomic E-state index is 13.2. The molecule has 0 amide bonds. The summed E-state index contributed by atoms with van der Waals surface area (Å²) in [4.78, 5) is 20.6. The molecule has 168 valence electrons. The fraction of sp³-hybridized carbons (Fsp3) is 0.0870. The minimum absolute atomic E-state index is 0.0347. The number of anilines is 3. The van der Waals surface area contributed by atoms with Crippen LogP contribution in [0.4, 0.5) is 21.7 Å². The Labute approximate surface area is 189 Å². The quantitative estimate of drug-likeness (QED) is 0.386. The summed E-state index contributed by atoms with van der Waals surface area (Å²) < 4.78 is 46.3. The molecule has 33 heavy (non-hydrogen) atoms. The van der Waals surface area contributed by atoms with E-state index in [9.17, 15) is 17.6 Å². The molecule has 0 saturated heterocycles. The topological polar surface area (TPSA) is 110 Å². The lowest BCUT2D eigenvalue weighted by Gasteiger charge is -2.14. The number of ether oxygens (including phenoxy) is 1. The van der Waals surface area contributed by atoms with E-state index in [1.54, 1.807) is 55.5 Å². The van der Waals surface area contributed by atoms with Gasteiger partial charge in [0.2, 0.25) is 0 Å². The van der Waals surface area contributed by atoms with Crippen molar-refractivity contribution in [3.63, 3.8) is 0 Å². The number of esters is 1. The Morgan fingerprint density at radius 2 is 1.52 bits per heavy atom. The standard InChI is InChI=1S/C23H19FN4O4S/c1-2-32-23(29)15-7-11-17(12-8-15)25-21-22(27-20-6-4-3-5-19(20)26-21)28-33(30,31)18-13-9-16(24)10-14-18/h3-14H,2H2,1H3,(H,25,26)(H,27,28). The van der Waals surface area contributed by atoms with Crippen LogP contribution in [-0.4, -0.2) is 31.0 Å². The van der Waals surface area contributed by atoms with Crippen LogP contribution in [0.1, 0.15) is 17.3 Å². The van der Waals surface area contributed by atoms with Crippen LogP contribution >= 0.6 is 0 Å². The fourth-order valence-electron chi connectivity index (χ4n) is 3.00. The van der Waals surface area contributed by atoms with Gasteiger partial charge in [0.05, 0.1) is 28.1 Å². The van der Waals surface area contributed by atoms with Crippen molar-refractivity contribution in [3.8, 4) is 0 Å². The van der Waals surface area contributed by atoms with E-state index in [0.29, 0.717) is 22.3 Å². The van der Waals surface area contributed by atoms with Crippen molar-refractivity contribution in [1.29, 1.82) is 0 Å². The molecule has 0 atom stereocenters. The van der Waals surface area contributed by atoms with Crippen molar-refractivity contribution in [3.05, 3.63) is 84.2 Å². The van der Waals surface area contributed by atoms with Gasteiger partial charge in [-0.25, -0.2) is 27.6 Å². The number of nitrogens with one attached hydrogen (secondary N) is 2. The van der Waals surface area contributed by atoms with Gasteiger partial charge >= 0.3 is 5.97 Å². The van der Waals surface area contributed by atoms with Gasteiger partial charge in [-0.05, 0) is 67.6 Å². The number of carbonyl (C=O) groups is 1. The summed E-state index contributed by atoms with van der Waals surface area (Å²) >= 11 is 0. The molecule has 0 spiro atoms. The van der Waals surface area contributed by atoms with Gasteiger partial charge in [0, 0.05) is 5.69 Å². The van der Waals surface area contributed by atoms with Crippen molar-refractivity contribution in [1.82, 2.24) is 9.97 Å². The predicted octanol–water partition coefficient (Wildman–Crippen LogP) is 4.49. The van der Waals surface area contributed by atoms with Crippen LogP contribution < -0.4 is 10.0 Å². The third-order valence-corrected chi connectivity index (χ3v) is 5.94. The van der Waals surface area contributed by atoms with Gasteiger partial charge in [0.15, 0.2) is 11.6 Å². The van der Waals surface area contributed by atoms with Crippen molar-refractivity contribution in [2.75, 3.05) is 16.6 Å². The van der Waals surface area contributed by atoms with Crippen molar-refractivity contribution in [2.24, 2.45) is 0 Å². The summed E-state index contributed by atoms with van der Waals surface area (Å²) in [6.07, 6.45) is 0. The molecular formula is C23H19FN4O4S. The summed E-state index contributed by atoms with van der Waals surface area (Å²) in [5.74, 6) is -0.869. The van der Waals surface area contributed by atoms with Crippen LogP contribution in [0.5, 0.6) is 0 Å². The molecule has 10 heteroatoms. The number of benzene rings is 3. The maximum Gasteiger partial charge on any atom is 0.338 e. The molecule has 8 nitrogen and oxygen atoms in total. The lowest BCUT2D eigenvalue weighted by atomic mass is 10.2. The molecule has 3 aromatic carbocycles. The van der Waals surface area contributed by atoms with E-state index < -0.39 is 21.8 Å². The van der Waals surface area contributed by atoms with Crippen LogP contribution in [-0.2, 0) is 14.8 Å². The fourth-order valence-corrected chi connectivity index (χ4v) is 4.01. The van der Waals surface area contributed by atoms with E-state index in [1.165, 1.54) is 0 Å². The smallest absolute Gasteiger partial charge is 0.338 e. The van der Waals surface area contributed by atoms with Gasteiger partial charge < -0.3 is 10.1 Å². The van der Waals surface area contributed by atoms with E-state index in [4.69, 9.17) is 4.74 Å². The predicted molar refractivity (Wildman–Crippen MR) is 122 cm³/mol. The first-order valence-electron chi connectivity index (χ1n) is 9.95. The summed E-state index contributed by atoms with van der Waals surface area (Å²) in [5.41, 5.74) is 1.96. The van der Waals surface area contributed by atoms with E-state index >= 15 is 0 Å². The van der Waals surface area contributed by atoms with Crippen LogP contribution in [0, 0.1) is 5.82 Å². The van der Waals surface area contributed by atoms with Crippen LogP contribution in [0.2, 0.25) is 0 Å². The Kier molecular flexibility index (Phi) is 6.18. The average molecular weight is 466 g/mol. The number of aromatic nitrogens is 2. The normalized spacial score (nSPS) is 11.2. The number of fused-ring (bicyclic) bond motifs is 1. The number of rotatable bonds is 7. The van der Waals surface area contributed by atoms with Gasteiger partial charge in [0.25, 0.3) is 10.0 Å². The van der Waals surface area contributed by atoms with E-state index in [0.717, 1.165) is 24.3 Å². The Hall–Kier alpha value is -4.05. The minimum atomic E-state index is -4.06. The zero-order chi connectivity index (χ0) is 23.4. The first-order valence-corrected chi connectivity index (χ1v) is 11.4. The zero-order valence-corrected chi connectivity index (χ0v) is 18.3. The molecule has 1 aromatic heterocycles. The summed E-state index contributed by atoms with van der Waals surface area (Å²) in [5, 5.41) is 3.03. The van der Waals surface area contributed by atoms with Crippen molar-refractivity contribution < 1.29 is 22.3 Å². The van der Waals surface area contributed by atoms with Gasteiger partial charge in [-0.1, -0.05) is 12.1 Å². The van der Waals surface area contributed by atoms with Gasteiger partial charge in [-0.15, -0.1) is 0 Å². The maximum absolute atomic E-state index is 13.2. The second kappa shape index (κ2) is 9.21. The van der Waals surface area contributed by atoms with E-state index in [1.807, 2.05) is 0 Å². The Balaban J connectivity index is 1.69. The van der Waals surface area contributed by atoms with Gasteiger partial charge in [-0.2, -0.15) is 0 Å². The molecule has 4 aromatic rings. The number of sulfonamides is 1. The molecular weight excluding hydrogens is 447 g/mol. The summed E-state index contributed by atoms with van der Waals surface area (Å²) in [6.45, 7) is 1.99. The van der Waals surface area contributed by atoms with Crippen molar-refractivity contribution in [2.45, 2.75) is 11.8 Å². The summed E-state index contributed by atoms with van der Waals surface area (Å²) in [7, 11) is -4.06. The Morgan fingerprint density at radius 1 is 0.909 bits per heavy atom. The number of halogens is 1. The third-order valence-electron chi connectivity index (χ3n) is 4.58. The third kappa shape index (κ3) is 5.07. The first-order chi connectivity index (χ1) is 15.9. The van der Waals surface area contributed by atoms with E-state index in [2.05, 4.69) is 20.0 Å². The number of hydrogen-bond acceptors (Lipinski definition) is 7. The molecule has 0 aliphatic carbocycles. The second-order valence-electron chi connectivity index (χ2n) is 6.89. The molecule has 0 radical (unpaired) electrons. The molecule has 0 fully saturated rings. The Bertz CT molecular complexity index is 1410. The lowest BCUT2D eigenvalue weighted by molar-refractivity contribution is 0.0526. The Morgan fingerprint density at radius 3 is 2.12 bits per heavy atom. The zero-order valence-electron chi connectivity index (χ0n) is 17.4.